The van der Waals surface area contributed by atoms with Crippen LogP contribution >= 0.6 is 0 Å². The van der Waals surface area contributed by atoms with Crippen LogP contribution in [0.4, 0.5) is 11.4 Å². The van der Waals surface area contributed by atoms with Crippen molar-refractivity contribution < 1.29 is 4.79 Å². The maximum atomic E-state index is 12.6. The summed E-state index contributed by atoms with van der Waals surface area (Å²) in [6.45, 7) is 5.23. The van der Waals surface area contributed by atoms with Crippen LogP contribution in [0.5, 0.6) is 0 Å². The molecular formula is C20H22N6O. The van der Waals surface area contributed by atoms with E-state index in [1.807, 2.05) is 12.4 Å². The molecule has 2 atom stereocenters. The lowest BCUT2D eigenvalue weighted by molar-refractivity contribution is 0.102. The summed E-state index contributed by atoms with van der Waals surface area (Å²) in [6.07, 6.45) is 8.19. The van der Waals surface area contributed by atoms with Gasteiger partial charge >= 0.3 is 0 Å². The predicted molar refractivity (Wildman–Crippen MR) is 105 cm³/mol. The SMILES string of the molecule is Cc1cnc2[nH]cc(NC(=O)c3cccnc3)c2c1N1CC2CCNC2C1. The monoisotopic (exact) mass is 362 g/mol. The zero-order valence-corrected chi connectivity index (χ0v) is 15.2. The number of nitrogens with zero attached hydrogens (tertiary/aromatic N) is 3. The molecule has 1 amide bonds. The van der Waals surface area contributed by atoms with E-state index in [9.17, 15) is 4.79 Å². The Balaban J connectivity index is 1.53. The number of fused-ring (bicyclic) bond motifs is 2. The number of anilines is 2. The van der Waals surface area contributed by atoms with Gasteiger partial charge in [0.05, 0.1) is 22.3 Å². The molecule has 2 saturated heterocycles. The van der Waals surface area contributed by atoms with E-state index in [4.69, 9.17) is 0 Å². The summed E-state index contributed by atoms with van der Waals surface area (Å²) in [5.74, 6) is 0.524. The molecule has 2 aliphatic heterocycles. The van der Waals surface area contributed by atoms with Crippen molar-refractivity contribution in [3.63, 3.8) is 0 Å². The Kier molecular flexibility index (Phi) is 3.82. The van der Waals surface area contributed by atoms with Crippen molar-refractivity contribution in [3.05, 3.63) is 48.0 Å². The van der Waals surface area contributed by atoms with Gasteiger partial charge in [0.25, 0.3) is 5.91 Å². The molecule has 2 aliphatic rings. The van der Waals surface area contributed by atoms with Gasteiger partial charge < -0.3 is 20.5 Å². The summed E-state index contributed by atoms with van der Waals surface area (Å²) in [5, 5.41) is 7.62. The fourth-order valence-electron chi connectivity index (χ4n) is 4.40. The molecule has 3 aromatic heterocycles. The summed E-state index contributed by atoms with van der Waals surface area (Å²) in [5.41, 5.74) is 4.38. The highest BCUT2D eigenvalue weighted by molar-refractivity contribution is 6.11. The second-order valence-corrected chi connectivity index (χ2v) is 7.43. The Morgan fingerprint density at radius 3 is 3.07 bits per heavy atom. The number of H-pyrrole nitrogens is 1. The first kappa shape index (κ1) is 16.3. The standard InChI is InChI=1S/C20H22N6O/c1-12-7-23-19-17(18(12)26-10-14-4-6-22-16(14)11-26)15(9-24-19)25-20(27)13-3-2-5-21-8-13/h2-3,5,7-9,14,16,22H,4,6,10-11H2,1H3,(H,23,24)(H,25,27). The number of rotatable bonds is 3. The third-order valence-corrected chi connectivity index (χ3v) is 5.71. The minimum atomic E-state index is -0.170. The predicted octanol–water partition coefficient (Wildman–Crippen LogP) is 2.32. The summed E-state index contributed by atoms with van der Waals surface area (Å²) in [7, 11) is 0. The van der Waals surface area contributed by atoms with Crippen molar-refractivity contribution in [2.24, 2.45) is 5.92 Å². The Bertz CT molecular complexity index is 986. The molecule has 7 heteroatoms. The molecule has 3 aromatic rings. The van der Waals surface area contributed by atoms with E-state index >= 15 is 0 Å². The molecule has 0 bridgehead atoms. The largest absolute Gasteiger partial charge is 0.369 e. The molecular weight excluding hydrogens is 340 g/mol. The van der Waals surface area contributed by atoms with E-state index in [1.54, 1.807) is 24.5 Å². The van der Waals surface area contributed by atoms with E-state index in [0.717, 1.165) is 41.9 Å². The number of pyridine rings is 2. The third kappa shape index (κ3) is 2.75. The third-order valence-electron chi connectivity index (χ3n) is 5.71. The molecule has 7 nitrogen and oxygen atoms in total. The molecule has 5 heterocycles. The van der Waals surface area contributed by atoms with Crippen molar-refractivity contribution in [3.8, 4) is 0 Å². The van der Waals surface area contributed by atoms with Crippen LogP contribution in [0.3, 0.4) is 0 Å². The van der Waals surface area contributed by atoms with Crippen LogP contribution in [0, 0.1) is 12.8 Å². The number of aromatic amines is 1. The first-order valence-electron chi connectivity index (χ1n) is 9.37. The molecule has 0 radical (unpaired) electrons. The maximum Gasteiger partial charge on any atom is 0.257 e. The number of aromatic nitrogens is 3. The molecule has 0 saturated carbocycles. The van der Waals surface area contributed by atoms with E-state index in [1.165, 1.54) is 12.1 Å². The van der Waals surface area contributed by atoms with Gasteiger partial charge in [0, 0.05) is 43.9 Å². The zero-order chi connectivity index (χ0) is 18.4. The lowest BCUT2D eigenvalue weighted by Crippen LogP contribution is -2.30. The topological polar surface area (TPSA) is 85.9 Å². The van der Waals surface area contributed by atoms with Gasteiger partial charge in [-0.2, -0.15) is 0 Å². The summed E-state index contributed by atoms with van der Waals surface area (Å²) >= 11 is 0. The van der Waals surface area contributed by atoms with E-state index < -0.39 is 0 Å². The van der Waals surface area contributed by atoms with Crippen LogP contribution in [0.2, 0.25) is 0 Å². The normalized spacial score (nSPS) is 21.6. The number of carbonyl (C=O) groups excluding carboxylic acids is 1. The van der Waals surface area contributed by atoms with Crippen molar-refractivity contribution in [2.75, 3.05) is 29.9 Å². The van der Waals surface area contributed by atoms with E-state index in [-0.39, 0.29) is 5.91 Å². The zero-order valence-electron chi connectivity index (χ0n) is 15.2. The highest BCUT2D eigenvalue weighted by atomic mass is 16.1. The summed E-state index contributed by atoms with van der Waals surface area (Å²) < 4.78 is 0. The molecule has 27 heavy (non-hydrogen) atoms. The lowest BCUT2D eigenvalue weighted by atomic mass is 10.1. The molecule has 2 fully saturated rings. The van der Waals surface area contributed by atoms with Gasteiger partial charge in [-0.05, 0) is 43.5 Å². The van der Waals surface area contributed by atoms with Gasteiger partial charge in [-0.3, -0.25) is 9.78 Å². The fraction of sp³-hybridized carbons (Fsp3) is 0.350. The van der Waals surface area contributed by atoms with E-state index in [2.05, 4.69) is 37.4 Å². The second kappa shape index (κ2) is 6.35. The number of aryl methyl sites for hydroxylation is 1. The molecule has 138 valence electrons. The smallest absolute Gasteiger partial charge is 0.257 e. The van der Waals surface area contributed by atoms with Crippen LogP contribution in [-0.2, 0) is 0 Å². The second-order valence-electron chi connectivity index (χ2n) is 7.43. The van der Waals surface area contributed by atoms with Crippen molar-refractivity contribution in [1.29, 1.82) is 0 Å². The van der Waals surface area contributed by atoms with Crippen LogP contribution in [0.25, 0.3) is 11.0 Å². The van der Waals surface area contributed by atoms with Gasteiger partial charge in [-0.1, -0.05) is 0 Å². The van der Waals surface area contributed by atoms with Crippen LogP contribution in [0.15, 0.2) is 36.9 Å². The number of amides is 1. The maximum absolute atomic E-state index is 12.6. The molecule has 0 aromatic carbocycles. The average molecular weight is 362 g/mol. The molecule has 0 aliphatic carbocycles. The number of hydrogen-bond donors (Lipinski definition) is 3. The molecule has 2 unspecified atom stereocenters. The van der Waals surface area contributed by atoms with Crippen LogP contribution in [0.1, 0.15) is 22.3 Å². The first-order chi connectivity index (χ1) is 13.2. The van der Waals surface area contributed by atoms with Gasteiger partial charge in [-0.25, -0.2) is 4.98 Å². The quantitative estimate of drug-likeness (QED) is 0.666. The van der Waals surface area contributed by atoms with Crippen molar-refractivity contribution in [2.45, 2.75) is 19.4 Å². The Morgan fingerprint density at radius 1 is 1.33 bits per heavy atom. The Hall–Kier alpha value is -2.93. The highest BCUT2D eigenvalue weighted by Gasteiger charge is 2.37. The van der Waals surface area contributed by atoms with Gasteiger partial charge in [0.1, 0.15) is 5.65 Å². The van der Waals surface area contributed by atoms with E-state index in [0.29, 0.717) is 17.5 Å². The van der Waals surface area contributed by atoms with Crippen LogP contribution in [-0.4, -0.2) is 46.5 Å². The number of carbonyl (C=O) groups is 1. The lowest BCUT2D eigenvalue weighted by Gasteiger charge is -2.23. The minimum absolute atomic E-state index is 0.170. The first-order valence-corrected chi connectivity index (χ1v) is 9.37. The summed E-state index contributed by atoms with van der Waals surface area (Å²) in [4.78, 5) is 26.8. The van der Waals surface area contributed by atoms with Gasteiger partial charge in [-0.15, -0.1) is 0 Å². The van der Waals surface area contributed by atoms with Crippen molar-refractivity contribution >= 4 is 28.3 Å². The van der Waals surface area contributed by atoms with Crippen LogP contribution < -0.4 is 15.5 Å². The summed E-state index contributed by atoms with van der Waals surface area (Å²) in [6, 6.07) is 4.08. The molecule has 5 rings (SSSR count). The fourth-order valence-corrected chi connectivity index (χ4v) is 4.40. The van der Waals surface area contributed by atoms with Crippen molar-refractivity contribution in [1.82, 2.24) is 20.3 Å². The number of hydrogen-bond acceptors (Lipinski definition) is 5. The average Bonchev–Trinajstić information content (AvgIpc) is 3.38. The Morgan fingerprint density at radius 2 is 2.26 bits per heavy atom. The van der Waals surface area contributed by atoms with Gasteiger partial charge in [0.2, 0.25) is 0 Å². The van der Waals surface area contributed by atoms with Gasteiger partial charge in [0.15, 0.2) is 0 Å². The highest BCUT2D eigenvalue weighted by Crippen LogP contribution is 2.38. The molecule has 3 N–H and O–H groups in total. The molecule has 0 spiro atoms. The Labute approximate surface area is 157 Å². The minimum Gasteiger partial charge on any atom is -0.369 e. The number of nitrogens with one attached hydrogen (secondary N) is 3.